The lowest BCUT2D eigenvalue weighted by Gasteiger charge is -2.22. The molecule has 25 heavy (non-hydrogen) atoms. The number of sulfone groups is 1. The molecule has 1 aromatic rings. The summed E-state index contributed by atoms with van der Waals surface area (Å²) in [7, 11) is -2.93. The molecule has 3 aliphatic rings. The minimum atomic E-state index is -2.93. The smallest absolute Gasteiger partial charge is 0.227 e. The molecule has 1 aliphatic carbocycles. The molecule has 6 nitrogen and oxygen atoms in total. The minimum Gasteiger partial charge on any atom is -0.340 e. The quantitative estimate of drug-likeness (QED) is 0.768. The zero-order valence-corrected chi connectivity index (χ0v) is 15.8. The number of hydrogen-bond donors (Lipinski definition) is 0. The molecule has 3 fully saturated rings. The Kier molecular flexibility index (Phi) is 4.38. The van der Waals surface area contributed by atoms with Crippen LogP contribution in [-0.4, -0.2) is 47.8 Å². The molecule has 0 aromatic carbocycles. The van der Waals surface area contributed by atoms with Gasteiger partial charge in [0.25, 0.3) is 0 Å². The largest absolute Gasteiger partial charge is 0.340 e. The number of hydrogen-bond acceptors (Lipinski definition) is 5. The highest BCUT2D eigenvalue weighted by atomic mass is 32.2. The summed E-state index contributed by atoms with van der Waals surface area (Å²) < 4.78 is 25.9. The Labute approximate surface area is 150 Å². The predicted molar refractivity (Wildman–Crippen MR) is 98.5 cm³/mol. The number of allylic oxidation sites excluding steroid dienone is 1. The van der Waals surface area contributed by atoms with Gasteiger partial charge < -0.3 is 4.90 Å². The second-order valence-electron chi connectivity index (χ2n) is 8.21. The molecule has 4 rings (SSSR count). The van der Waals surface area contributed by atoms with E-state index in [2.05, 4.69) is 26.2 Å². The molecule has 0 bridgehead atoms. The van der Waals surface area contributed by atoms with E-state index in [0.717, 1.165) is 42.3 Å². The van der Waals surface area contributed by atoms with Crippen molar-refractivity contribution < 1.29 is 8.42 Å². The fourth-order valence-corrected chi connectivity index (χ4v) is 6.57. The monoisotopic (exact) mass is 364 g/mol. The SMILES string of the molecule is C=C(C)Cn1c(C2CCS(=O)(=O)C2)nnc1N1C[C@H]2CCCC[C@H]2C1. The summed E-state index contributed by atoms with van der Waals surface area (Å²) in [6.07, 6.45) is 5.99. The fraction of sp³-hybridized carbons (Fsp3) is 0.778. The Bertz CT molecular complexity index is 756. The van der Waals surface area contributed by atoms with Gasteiger partial charge in [0.15, 0.2) is 9.84 Å². The van der Waals surface area contributed by atoms with E-state index in [1.165, 1.54) is 25.7 Å². The molecule has 0 spiro atoms. The molecular formula is C18H28N4O2S. The first-order chi connectivity index (χ1) is 11.9. The van der Waals surface area contributed by atoms with Gasteiger partial charge in [-0.05, 0) is 38.0 Å². The third kappa shape index (κ3) is 3.35. The fourth-order valence-electron chi connectivity index (χ4n) is 4.83. The lowest BCUT2D eigenvalue weighted by atomic mass is 9.82. The molecule has 2 saturated heterocycles. The first kappa shape index (κ1) is 17.1. The van der Waals surface area contributed by atoms with Gasteiger partial charge in [0.1, 0.15) is 5.82 Å². The van der Waals surface area contributed by atoms with E-state index in [-0.39, 0.29) is 17.4 Å². The van der Waals surface area contributed by atoms with Gasteiger partial charge in [-0.1, -0.05) is 25.0 Å². The molecule has 0 radical (unpaired) electrons. The van der Waals surface area contributed by atoms with Gasteiger partial charge in [-0.25, -0.2) is 8.42 Å². The van der Waals surface area contributed by atoms with Crippen molar-refractivity contribution in [2.45, 2.75) is 51.5 Å². The second kappa shape index (κ2) is 6.41. The molecule has 0 N–H and O–H groups in total. The molecular weight excluding hydrogens is 336 g/mol. The van der Waals surface area contributed by atoms with Gasteiger partial charge in [-0.15, -0.1) is 10.2 Å². The zero-order chi connectivity index (χ0) is 17.6. The van der Waals surface area contributed by atoms with Gasteiger partial charge in [0.05, 0.1) is 11.5 Å². The summed E-state index contributed by atoms with van der Waals surface area (Å²) in [5.41, 5.74) is 1.04. The second-order valence-corrected chi connectivity index (χ2v) is 10.4. The highest BCUT2D eigenvalue weighted by Gasteiger charge is 2.38. The van der Waals surface area contributed by atoms with Gasteiger partial charge in [-0.3, -0.25) is 4.57 Å². The standard InChI is InChI=1S/C18H28N4O2S/c1-13(2)9-22-17(16-7-8-25(23,24)12-16)19-20-18(22)21-10-14-5-3-4-6-15(14)11-21/h14-16H,1,3-12H2,2H3/t14-,15+,16?. The van der Waals surface area contributed by atoms with E-state index in [0.29, 0.717) is 13.0 Å². The summed E-state index contributed by atoms with van der Waals surface area (Å²) in [6.45, 7) is 8.84. The average Bonchev–Trinajstić information content (AvgIpc) is 3.22. The van der Waals surface area contributed by atoms with Crippen LogP contribution in [0.3, 0.4) is 0 Å². The van der Waals surface area contributed by atoms with Crippen LogP contribution in [0.4, 0.5) is 5.95 Å². The van der Waals surface area contributed by atoms with Crippen molar-refractivity contribution in [1.29, 1.82) is 0 Å². The van der Waals surface area contributed by atoms with Crippen LogP contribution in [-0.2, 0) is 16.4 Å². The Morgan fingerprint density at radius 2 is 1.84 bits per heavy atom. The lowest BCUT2D eigenvalue weighted by Crippen LogP contribution is -2.25. The van der Waals surface area contributed by atoms with Crippen LogP contribution < -0.4 is 4.90 Å². The van der Waals surface area contributed by atoms with Crippen LogP contribution >= 0.6 is 0 Å². The third-order valence-corrected chi connectivity index (χ3v) is 7.81. The van der Waals surface area contributed by atoms with Gasteiger partial charge in [0, 0.05) is 25.6 Å². The highest BCUT2D eigenvalue weighted by molar-refractivity contribution is 7.91. The van der Waals surface area contributed by atoms with Crippen molar-refractivity contribution in [2.24, 2.45) is 11.8 Å². The molecule has 1 aromatic heterocycles. The maximum absolute atomic E-state index is 11.9. The number of fused-ring (bicyclic) bond motifs is 1. The van der Waals surface area contributed by atoms with Crippen molar-refractivity contribution in [2.75, 3.05) is 29.5 Å². The number of rotatable bonds is 4. The number of aromatic nitrogens is 3. The first-order valence-corrected chi connectivity index (χ1v) is 11.3. The first-order valence-electron chi connectivity index (χ1n) is 9.46. The summed E-state index contributed by atoms with van der Waals surface area (Å²) in [4.78, 5) is 2.38. The Morgan fingerprint density at radius 3 is 2.40 bits per heavy atom. The Balaban J connectivity index is 1.63. The van der Waals surface area contributed by atoms with Crippen LogP contribution in [0.25, 0.3) is 0 Å². The number of nitrogens with zero attached hydrogens (tertiary/aromatic N) is 4. The molecule has 1 saturated carbocycles. The topological polar surface area (TPSA) is 68.1 Å². The molecule has 3 atom stereocenters. The van der Waals surface area contributed by atoms with E-state index >= 15 is 0 Å². The minimum absolute atomic E-state index is 0.0320. The van der Waals surface area contributed by atoms with Crippen molar-refractivity contribution in [3.8, 4) is 0 Å². The molecule has 0 amide bonds. The molecule has 7 heteroatoms. The Morgan fingerprint density at radius 1 is 1.16 bits per heavy atom. The van der Waals surface area contributed by atoms with Gasteiger partial charge >= 0.3 is 0 Å². The maximum Gasteiger partial charge on any atom is 0.227 e. The molecule has 138 valence electrons. The van der Waals surface area contributed by atoms with E-state index in [1.807, 2.05) is 6.92 Å². The van der Waals surface area contributed by atoms with E-state index in [9.17, 15) is 8.42 Å². The lowest BCUT2D eigenvalue weighted by molar-refractivity contribution is 0.299. The number of anilines is 1. The van der Waals surface area contributed by atoms with E-state index < -0.39 is 9.84 Å². The van der Waals surface area contributed by atoms with E-state index in [1.54, 1.807) is 0 Å². The van der Waals surface area contributed by atoms with Crippen LogP contribution in [0.15, 0.2) is 12.2 Å². The average molecular weight is 365 g/mol. The molecule has 2 aliphatic heterocycles. The van der Waals surface area contributed by atoms with Crippen LogP contribution in [0.2, 0.25) is 0 Å². The highest BCUT2D eigenvalue weighted by Crippen LogP contribution is 2.38. The third-order valence-electron chi connectivity index (χ3n) is 6.04. The maximum atomic E-state index is 11.9. The van der Waals surface area contributed by atoms with E-state index in [4.69, 9.17) is 0 Å². The zero-order valence-electron chi connectivity index (χ0n) is 15.0. The summed E-state index contributed by atoms with van der Waals surface area (Å²) in [5, 5.41) is 8.95. The van der Waals surface area contributed by atoms with Crippen LogP contribution in [0.1, 0.15) is 50.8 Å². The van der Waals surface area contributed by atoms with Gasteiger partial charge in [0.2, 0.25) is 5.95 Å². The summed E-state index contributed by atoms with van der Waals surface area (Å²) >= 11 is 0. The van der Waals surface area contributed by atoms with Gasteiger partial charge in [-0.2, -0.15) is 0 Å². The predicted octanol–water partition coefficient (Wildman–Crippen LogP) is 2.38. The summed E-state index contributed by atoms with van der Waals surface area (Å²) in [5.74, 6) is 3.73. The van der Waals surface area contributed by atoms with Crippen molar-refractivity contribution >= 4 is 15.8 Å². The molecule has 3 heterocycles. The Hall–Kier alpha value is -1.37. The summed E-state index contributed by atoms with van der Waals surface area (Å²) in [6, 6.07) is 0. The van der Waals surface area contributed by atoms with Crippen LogP contribution in [0.5, 0.6) is 0 Å². The molecule has 1 unspecified atom stereocenters. The van der Waals surface area contributed by atoms with Crippen molar-refractivity contribution in [3.05, 3.63) is 18.0 Å². The van der Waals surface area contributed by atoms with Crippen molar-refractivity contribution in [1.82, 2.24) is 14.8 Å². The van der Waals surface area contributed by atoms with Crippen molar-refractivity contribution in [3.63, 3.8) is 0 Å². The van der Waals surface area contributed by atoms with Crippen LogP contribution in [0, 0.1) is 11.8 Å². The normalized spacial score (nSPS) is 31.2.